The van der Waals surface area contributed by atoms with Crippen LogP contribution in [-0.2, 0) is 15.7 Å². The van der Waals surface area contributed by atoms with E-state index in [2.05, 4.69) is 10.6 Å². The molecule has 0 bridgehead atoms. The van der Waals surface area contributed by atoms with E-state index in [1.807, 2.05) is 0 Å². The third kappa shape index (κ3) is 4.85. The number of methoxy groups -OCH3 is 1. The second-order valence-corrected chi connectivity index (χ2v) is 5.41. The largest absolute Gasteiger partial charge is 0.416 e. The summed E-state index contributed by atoms with van der Waals surface area (Å²) in [6, 6.07) is 3.31. The van der Waals surface area contributed by atoms with E-state index in [0.717, 1.165) is 12.1 Å². The molecule has 1 aromatic rings. The zero-order valence-electron chi connectivity index (χ0n) is 13.0. The number of hydrogen-bond acceptors (Lipinski definition) is 3. The monoisotopic (exact) mass is 345 g/mol. The van der Waals surface area contributed by atoms with Crippen molar-refractivity contribution in [1.29, 1.82) is 0 Å². The van der Waals surface area contributed by atoms with Crippen LogP contribution in [0.25, 0.3) is 0 Å². The van der Waals surface area contributed by atoms with Gasteiger partial charge in [0, 0.05) is 32.3 Å². The molecule has 132 valence electrons. The summed E-state index contributed by atoms with van der Waals surface area (Å²) >= 11 is 0. The summed E-state index contributed by atoms with van der Waals surface area (Å²) in [6.07, 6.45) is -4.33. The van der Waals surface area contributed by atoms with Gasteiger partial charge in [0.15, 0.2) is 0 Å². The van der Waals surface area contributed by atoms with Gasteiger partial charge >= 0.3 is 12.2 Å². The number of hydrogen-bond donors (Lipinski definition) is 2. The highest BCUT2D eigenvalue weighted by Crippen LogP contribution is 2.30. The number of carbonyl (C=O) groups is 2. The van der Waals surface area contributed by atoms with Crippen LogP contribution in [0.4, 0.5) is 23.7 Å². The molecule has 3 amide bonds. The molecule has 0 aromatic heterocycles. The van der Waals surface area contributed by atoms with Gasteiger partial charge in [-0.05, 0) is 18.2 Å². The molecule has 0 saturated carbocycles. The van der Waals surface area contributed by atoms with Gasteiger partial charge in [-0.3, -0.25) is 4.79 Å². The number of benzene rings is 1. The van der Waals surface area contributed by atoms with Crippen molar-refractivity contribution >= 4 is 17.6 Å². The first kappa shape index (κ1) is 18.1. The predicted molar refractivity (Wildman–Crippen MR) is 80.5 cm³/mol. The van der Waals surface area contributed by atoms with E-state index < -0.39 is 17.8 Å². The molecule has 2 N–H and O–H groups in total. The molecule has 0 unspecified atom stereocenters. The van der Waals surface area contributed by atoms with Gasteiger partial charge in [0.2, 0.25) is 5.91 Å². The number of alkyl halides is 3. The minimum Gasteiger partial charge on any atom is -0.383 e. The van der Waals surface area contributed by atoms with Crippen molar-refractivity contribution in [1.82, 2.24) is 10.2 Å². The minimum atomic E-state index is -4.48. The Balaban J connectivity index is 1.89. The van der Waals surface area contributed by atoms with E-state index in [-0.39, 0.29) is 24.1 Å². The fourth-order valence-electron chi connectivity index (χ4n) is 2.41. The Morgan fingerprint density at radius 3 is 2.83 bits per heavy atom. The summed E-state index contributed by atoms with van der Waals surface area (Å²) in [7, 11) is 1.53. The van der Waals surface area contributed by atoms with Crippen LogP contribution >= 0.6 is 0 Å². The molecule has 1 atom stereocenters. The van der Waals surface area contributed by atoms with E-state index in [1.54, 1.807) is 4.90 Å². The highest BCUT2D eigenvalue weighted by molar-refractivity contribution is 5.90. The highest BCUT2D eigenvalue weighted by atomic mass is 19.4. The molecule has 1 saturated heterocycles. The number of anilines is 1. The van der Waals surface area contributed by atoms with E-state index in [1.165, 1.54) is 19.2 Å². The van der Waals surface area contributed by atoms with Crippen molar-refractivity contribution in [3.8, 4) is 0 Å². The molecule has 24 heavy (non-hydrogen) atoms. The van der Waals surface area contributed by atoms with Crippen molar-refractivity contribution in [2.45, 2.75) is 18.6 Å². The van der Waals surface area contributed by atoms with E-state index >= 15 is 0 Å². The number of amides is 3. The molecule has 1 aliphatic heterocycles. The van der Waals surface area contributed by atoms with Crippen molar-refractivity contribution in [2.24, 2.45) is 0 Å². The lowest BCUT2D eigenvalue weighted by Crippen LogP contribution is -2.40. The van der Waals surface area contributed by atoms with Crippen LogP contribution < -0.4 is 10.6 Å². The van der Waals surface area contributed by atoms with Crippen LogP contribution in [0.15, 0.2) is 24.3 Å². The van der Waals surface area contributed by atoms with Gasteiger partial charge in [-0.25, -0.2) is 4.79 Å². The van der Waals surface area contributed by atoms with Crippen molar-refractivity contribution < 1.29 is 27.5 Å². The lowest BCUT2D eigenvalue weighted by molar-refractivity contribution is -0.137. The summed E-state index contributed by atoms with van der Waals surface area (Å²) < 4.78 is 42.8. The molecule has 0 aliphatic carbocycles. The molecule has 0 radical (unpaired) electrons. The van der Waals surface area contributed by atoms with E-state index in [0.29, 0.717) is 19.7 Å². The van der Waals surface area contributed by atoms with Crippen LogP contribution in [0.3, 0.4) is 0 Å². The van der Waals surface area contributed by atoms with Gasteiger partial charge in [-0.15, -0.1) is 0 Å². The second kappa shape index (κ2) is 7.52. The molecule has 6 nitrogen and oxygen atoms in total. The first-order chi connectivity index (χ1) is 11.3. The third-order valence-electron chi connectivity index (χ3n) is 3.56. The SMILES string of the molecule is COCCN1C[C@H](NC(=O)Nc2cccc(C(F)(F)F)c2)CC1=O. The van der Waals surface area contributed by atoms with E-state index in [4.69, 9.17) is 4.74 Å². The Bertz CT molecular complexity index is 607. The van der Waals surface area contributed by atoms with Gasteiger partial charge in [-0.2, -0.15) is 13.2 Å². The Kier molecular flexibility index (Phi) is 5.66. The fourth-order valence-corrected chi connectivity index (χ4v) is 2.41. The summed E-state index contributed by atoms with van der Waals surface area (Å²) in [4.78, 5) is 25.2. The maximum absolute atomic E-state index is 12.6. The number of nitrogens with zero attached hydrogens (tertiary/aromatic N) is 1. The van der Waals surface area contributed by atoms with Crippen molar-refractivity contribution in [2.75, 3.05) is 32.1 Å². The quantitative estimate of drug-likeness (QED) is 0.858. The van der Waals surface area contributed by atoms with E-state index in [9.17, 15) is 22.8 Å². The number of carbonyl (C=O) groups excluding carboxylic acids is 2. The molecule has 1 heterocycles. The Labute approximate surface area is 137 Å². The zero-order valence-corrected chi connectivity index (χ0v) is 13.0. The first-order valence-corrected chi connectivity index (χ1v) is 7.31. The second-order valence-electron chi connectivity index (χ2n) is 5.41. The first-order valence-electron chi connectivity index (χ1n) is 7.31. The molecular formula is C15H18F3N3O3. The van der Waals surface area contributed by atoms with Crippen molar-refractivity contribution in [3.63, 3.8) is 0 Å². The Morgan fingerprint density at radius 1 is 1.42 bits per heavy atom. The Morgan fingerprint density at radius 2 is 2.17 bits per heavy atom. The fraction of sp³-hybridized carbons (Fsp3) is 0.467. The molecular weight excluding hydrogens is 327 g/mol. The van der Waals surface area contributed by atoms with Gasteiger partial charge < -0.3 is 20.3 Å². The number of halogens is 3. The molecule has 1 fully saturated rings. The van der Waals surface area contributed by atoms with Crippen LogP contribution in [0.1, 0.15) is 12.0 Å². The molecule has 2 rings (SSSR count). The van der Waals surface area contributed by atoms with Gasteiger partial charge in [0.25, 0.3) is 0 Å². The lowest BCUT2D eigenvalue weighted by atomic mass is 10.2. The van der Waals surface area contributed by atoms with Crippen LogP contribution in [0.5, 0.6) is 0 Å². The van der Waals surface area contributed by atoms with Gasteiger partial charge in [0.1, 0.15) is 0 Å². The standard InChI is InChI=1S/C15H18F3N3O3/c1-24-6-5-21-9-12(8-13(21)22)20-14(23)19-11-4-2-3-10(7-11)15(16,17)18/h2-4,7,12H,5-6,8-9H2,1H3,(H2,19,20,23)/t12-/m1/s1. The lowest BCUT2D eigenvalue weighted by Gasteiger charge is -2.17. The summed E-state index contributed by atoms with van der Waals surface area (Å²) in [5.41, 5.74) is -0.815. The number of nitrogens with one attached hydrogen (secondary N) is 2. The average molecular weight is 345 g/mol. The summed E-state index contributed by atoms with van der Waals surface area (Å²) in [5.74, 6) is -0.101. The minimum absolute atomic E-state index is 0.0305. The van der Waals surface area contributed by atoms with Crippen LogP contribution in [0.2, 0.25) is 0 Å². The molecule has 9 heteroatoms. The average Bonchev–Trinajstić information content (AvgIpc) is 2.84. The number of rotatable bonds is 5. The molecule has 0 spiro atoms. The molecule has 1 aliphatic rings. The Hall–Kier alpha value is -2.29. The van der Waals surface area contributed by atoms with Crippen LogP contribution in [-0.4, -0.2) is 49.7 Å². The van der Waals surface area contributed by atoms with Gasteiger partial charge in [0.05, 0.1) is 18.2 Å². The maximum Gasteiger partial charge on any atom is 0.416 e. The van der Waals surface area contributed by atoms with Gasteiger partial charge in [-0.1, -0.05) is 6.07 Å². The topological polar surface area (TPSA) is 70.7 Å². The van der Waals surface area contributed by atoms with Crippen LogP contribution in [0, 0.1) is 0 Å². The smallest absolute Gasteiger partial charge is 0.383 e. The highest BCUT2D eigenvalue weighted by Gasteiger charge is 2.31. The zero-order chi connectivity index (χ0) is 17.7. The maximum atomic E-state index is 12.6. The normalized spacial score (nSPS) is 17.9. The molecule has 1 aromatic carbocycles. The number of likely N-dealkylation sites (tertiary alicyclic amines) is 1. The third-order valence-corrected chi connectivity index (χ3v) is 3.56. The van der Waals surface area contributed by atoms with Crippen molar-refractivity contribution in [3.05, 3.63) is 29.8 Å². The summed E-state index contributed by atoms with van der Waals surface area (Å²) in [6.45, 7) is 1.18. The number of urea groups is 1. The number of ether oxygens (including phenoxy) is 1. The predicted octanol–water partition coefficient (Wildman–Crippen LogP) is 2.07. The summed E-state index contributed by atoms with van der Waals surface area (Å²) in [5, 5.41) is 4.94.